The maximum absolute atomic E-state index is 11.3. The summed E-state index contributed by atoms with van der Waals surface area (Å²) in [5, 5.41) is 9.32. The van der Waals surface area contributed by atoms with Gasteiger partial charge in [-0.15, -0.1) is 0 Å². The smallest absolute Gasteiger partial charge is 0.313 e. The van der Waals surface area contributed by atoms with Crippen LogP contribution in [0.3, 0.4) is 0 Å². The predicted molar refractivity (Wildman–Crippen MR) is 57.4 cm³/mol. The minimum absolute atomic E-state index is 0.196. The van der Waals surface area contributed by atoms with E-state index in [9.17, 15) is 9.90 Å². The van der Waals surface area contributed by atoms with Gasteiger partial charge in [0, 0.05) is 26.2 Å². The highest BCUT2D eigenvalue weighted by Crippen LogP contribution is 2.30. The average molecular weight is 229 g/mol. The molecule has 0 aromatic carbocycles. The summed E-state index contributed by atoms with van der Waals surface area (Å²) in [5.74, 6) is -0.732. The first-order valence-electron chi connectivity index (χ1n) is 5.77. The van der Waals surface area contributed by atoms with E-state index in [4.69, 9.17) is 9.47 Å². The van der Waals surface area contributed by atoms with E-state index < -0.39 is 11.4 Å². The van der Waals surface area contributed by atoms with Crippen molar-refractivity contribution in [3.8, 4) is 0 Å². The zero-order valence-corrected chi connectivity index (χ0v) is 9.65. The molecular weight excluding hydrogens is 210 g/mol. The van der Waals surface area contributed by atoms with Crippen LogP contribution in [0.5, 0.6) is 0 Å². The first-order chi connectivity index (χ1) is 7.62. The van der Waals surface area contributed by atoms with Crippen molar-refractivity contribution in [1.82, 2.24) is 4.90 Å². The highest BCUT2D eigenvalue weighted by molar-refractivity contribution is 5.75. The Morgan fingerprint density at radius 1 is 1.56 bits per heavy atom. The fourth-order valence-corrected chi connectivity index (χ4v) is 2.43. The zero-order chi connectivity index (χ0) is 11.6. The van der Waals surface area contributed by atoms with E-state index in [1.807, 2.05) is 6.92 Å². The van der Waals surface area contributed by atoms with Gasteiger partial charge >= 0.3 is 5.97 Å². The Morgan fingerprint density at radius 3 is 2.94 bits per heavy atom. The van der Waals surface area contributed by atoms with Crippen LogP contribution < -0.4 is 0 Å². The van der Waals surface area contributed by atoms with Gasteiger partial charge < -0.3 is 14.6 Å². The molecule has 2 aliphatic rings. The quantitative estimate of drug-likeness (QED) is 0.749. The van der Waals surface area contributed by atoms with Crippen LogP contribution in [0, 0.1) is 5.41 Å². The molecule has 0 aliphatic carbocycles. The maximum atomic E-state index is 11.3. The van der Waals surface area contributed by atoms with E-state index in [1.165, 1.54) is 0 Å². The Kier molecular flexibility index (Phi) is 3.47. The minimum atomic E-state index is -0.732. The van der Waals surface area contributed by atoms with Crippen LogP contribution in [-0.2, 0) is 14.3 Å². The summed E-state index contributed by atoms with van der Waals surface area (Å²) >= 11 is 0. The molecule has 5 heteroatoms. The number of carboxylic acid groups (broad SMARTS) is 1. The highest BCUT2D eigenvalue weighted by atomic mass is 16.5. The Morgan fingerprint density at radius 2 is 2.38 bits per heavy atom. The molecule has 2 heterocycles. The van der Waals surface area contributed by atoms with Crippen LogP contribution in [0.15, 0.2) is 0 Å². The molecule has 0 bridgehead atoms. The summed E-state index contributed by atoms with van der Waals surface area (Å²) < 4.78 is 10.7. The Hall–Kier alpha value is -0.650. The van der Waals surface area contributed by atoms with Gasteiger partial charge in [0.25, 0.3) is 0 Å². The van der Waals surface area contributed by atoms with E-state index in [0.29, 0.717) is 32.8 Å². The second-order valence-corrected chi connectivity index (χ2v) is 4.80. The van der Waals surface area contributed by atoms with E-state index >= 15 is 0 Å². The van der Waals surface area contributed by atoms with Gasteiger partial charge in [0.1, 0.15) is 5.41 Å². The lowest BCUT2D eigenvalue weighted by molar-refractivity contribution is -0.151. The van der Waals surface area contributed by atoms with Gasteiger partial charge in [0.05, 0.1) is 19.3 Å². The molecule has 0 radical (unpaired) electrons. The third kappa shape index (κ3) is 2.36. The Balaban J connectivity index is 1.97. The lowest BCUT2D eigenvalue weighted by Crippen LogP contribution is -2.49. The first-order valence-corrected chi connectivity index (χ1v) is 5.77. The zero-order valence-electron chi connectivity index (χ0n) is 9.65. The van der Waals surface area contributed by atoms with Crippen molar-refractivity contribution in [3.05, 3.63) is 0 Å². The molecule has 5 nitrogen and oxygen atoms in total. The van der Waals surface area contributed by atoms with Crippen LogP contribution in [0.2, 0.25) is 0 Å². The number of carboxylic acids is 1. The van der Waals surface area contributed by atoms with Gasteiger partial charge in [-0.25, -0.2) is 0 Å². The van der Waals surface area contributed by atoms with Gasteiger partial charge in [0.15, 0.2) is 0 Å². The van der Waals surface area contributed by atoms with Gasteiger partial charge in [-0.05, 0) is 13.3 Å². The molecule has 16 heavy (non-hydrogen) atoms. The van der Waals surface area contributed by atoms with Crippen LogP contribution >= 0.6 is 0 Å². The van der Waals surface area contributed by atoms with E-state index in [-0.39, 0.29) is 6.10 Å². The number of aliphatic carboxylic acids is 1. The van der Waals surface area contributed by atoms with Crippen LogP contribution in [0.4, 0.5) is 0 Å². The van der Waals surface area contributed by atoms with Crippen molar-refractivity contribution in [2.24, 2.45) is 5.41 Å². The molecule has 2 unspecified atom stereocenters. The predicted octanol–water partition coefficient (Wildman–Crippen LogP) is 0.198. The van der Waals surface area contributed by atoms with Crippen molar-refractivity contribution < 1.29 is 19.4 Å². The van der Waals surface area contributed by atoms with E-state index in [0.717, 1.165) is 13.1 Å². The Labute approximate surface area is 95.3 Å². The average Bonchev–Trinajstić information content (AvgIpc) is 2.67. The van der Waals surface area contributed by atoms with Crippen molar-refractivity contribution in [1.29, 1.82) is 0 Å². The van der Waals surface area contributed by atoms with Gasteiger partial charge in [0.2, 0.25) is 0 Å². The fraction of sp³-hybridized carbons (Fsp3) is 0.909. The molecule has 0 aromatic rings. The van der Waals surface area contributed by atoms with Crippen molar-refractivity contribution in [2.45, 2.75) is 19.4 Å². The molecule has 0 spiro atoms. The van der Waals surface area contributed by atoms with Crippen LogP contribution in [-0.4, -0.2) is 61.5 Å². The minimum Gasteiger partial charge on any atom is -0.481 e. The molecule has 2 aliphatic heterocycles. The number of nitrogens with zero attached hydrogens (tertiary/aromatic N) is 1. The molecule has 0 saturated carbocycles. The summed E-state index contributed by atoms with van der Waals surface area (Å²) in [6.07, 6.45) is 0.815. The maximum Gasteiger partial charge on any atom is 0.313 e. The lowest BCUT2D eigenvalue weighted by Gasteiger charge is -2.35. The third-order valence-corrected chi connectivity index (χ3v) is 3.41. The molecule has 1 N–H and O–H groups in total. The summed E-state index contributed by atoms with van der Waals surface area (Å²) in [6.45, 7) is 5.83. The largest absolute Gasteiger partial charge is 0.481 e. The lowest BCUT2D eigenvalue weighted by atomic mass is 9.86. The van der Waals surface area contributed by atoms with Crippen molar-refractivity contribution in [2.75, 3.05) is 39.5 Å². The first kappa shape index (κ1) is 11.8. The molecule has 92 valence electrons. The summed E-state index contributed by atoms with van der Waals surface area (Å²) in [7, 11) is 0. The second kappa shape index (κ2) is 4.69. The summed E-state index contributed by atoms with van der Waals surface area (Å²) in [6, 6.07) is 0. The van der Waals surface area contributed by atoms with Gasteiger partial charge in [-0.2, -0.15) is 0 Å². The van der Waals surface area contributed by atoms with E-state index in [1.54, 1.807) is 0 Å². The number of carbonyl (C=O) groups is 1. The molecular formula is C11H19NO4. The molecule has 0 aromatic heterocycles. The van der Waals surface area contributed by atoms with E-state index in [2.05, 4.69) is 4.90 Å². The van der Waals surface area contributed by atoms with Crippen LogP contribution in [0.1, 0.15) is 13.3 Å². The number of hydrogen-bond donors (Lipinski definition) is 1. The highest BCUT2D eigenvalue weighted by Gasteiger charge is 2.44. The topological polar surface area (TPSA) is 59.0 Å². The van der Waals surface area contributed by atoms with Crippen molar-refractivity contribution >= 4 is 5.97 Å². The normalized spacial score (nSPS) is 36.4. The summed E-state index contributed by atoms with van der Waals surface area (Å²) in [4.78, 5) is 13.5. The van der Waals surface area contributed by atoms with Gasteiger partial charge in [-0.1, -0.05) is 0 Å². The number of hydrogen-bond acceptors (Lipinski definition) is 4. The number of ether oxygens (including phenoxy) is 2. The standard InChI is InChI=1S/C11H19NO4/c1-9-6-12(3-5-16-9)7-11(10(13)14)2-4-15-8-11/h9H,2-8H2,1H3,(H,13,14). The molecule has 2 saturated heterocycles. The third-order valence-electron chi connectivity index (χ3n) is 3.41. The molecule has 0 amide bonds. The van der Waals surface area contributed by atoms with Gasteiger partial charge in [-0.3, -0.25) is 9.69 Å². The molecule has 2 rings (SSSR count). The van der Waals surface area contributed by atoms with Crippen LogP contribution in [0.25, 0.3) is 0 Å². The SMILES string of the molecule is CC1CN(CC2(C(=O)O)CCOC2)CCO1. The number of morpholine rings is 1. The molecule has 2 atom stereocenters. The van der Waals surface area contributed by atoms with Crippen molar-refractivity contribution in [3.63, 3.8) is 0 Å². The Bertz CT molecular complexity index is 263. The molecule has 2 fully saturated rings. The second-order valence-electron chi connectivity index (χ2n) is 4.80. The fourth-order valence-electron chi connectivity index (χ4n) is 2.43. The number of rotatable bonds is 3. The summed E-state index contributed by atoms with van der Waals surface area (Å²) in [5.41, 5.74) is -0.697. The monoisotopic (exact) mass is 229 g/mol.